The number of imidazole rings is 1. The van der Waals surface area contributed by atoms with Crippen molar-refractivity contribution in [2.24, 2.45) is 0 Å². The molecular formula is C7H4ClFN2. The SMILES string of the molecule is Fc1nc2ccc(Cl)cc2[nH]1. The molecule has 1 N–H and O–H groups in total. The highest BCUT2D eigenvalue weighted by Crippen LogP contribution is 2.16. The van der Waals surface area contributed by atoms with Crippen molar-refractivity contribution in [3.05, 3.63) is 29.3 Å². The van der Waals surface area contributed by atoms with Crippen molar-refractivity contribution >= 4 is 22.6 Å². The first-order valence-electron chi connectivity index (χ1n) is 3.06. The molecule has 0 aliphatic heterocycles. The minimum Gasteiger partial charge on any atom is -0.314 e. The summed E-state index contributed by atoms with van der Waals surface area (Å²) < 4.78 is 12.4. The minimum absolute atomic E-state index is 0.571. The van der Waals surface area contributed by atoms with Gasteiger partial charge in [0.15, 0.2) is 0 Å². The van der Waals surface area contributed by atoms with Crippen LogP contribution in [0.1, 0.15) is 0 Å². The van der Waals surface area contributed by atoms with Crippen molar-refractivity contribution in [1.29, 1.82) is 0 Å². The topological polar surface area (TPSA) is 28.7 Å². The molecule has 0 amide bonds. The second kappa shape index (κ2) is 2.20. The van der Waals surface area contributed by atoms with E-state index < -0.39 is 6.08 Å². The van der Waals surface area contributed by atoms with E-state index >= 15 is 0 Å². The standard InChI is InChI=1S/C7H4ClFN2/c8-4-1-2-5-6(3-4)11-7(9)10-5/h1-3H,(H,10,11). The molecular weight excluding hydrogens is 167 g/mol. The summed E-state index contributed by atoms with van der Waals surface area (Å²) in [5, 5.41) is 0.571. The first-order chi connectivity index (χ1) is 5.25. The summed E-state index contributed by atoms with van der Waals surface area (Å²) in [6, 6.07) is 4.97. The van der Waals surface area contributed by atoms with Crippen molar-refractivity contribution in [3.8, 4) is 0 Å². The maximum absolute atomic E-state index is 12.4. The number of aromatic amines is 1. The molecule has 0 bridgehead atoms. The van der Waals surface area contributed by atoms with Crippen molar-refractivity contribution in [2.45, 2.75) is 0 Å². The summed E-state index contributed by atoms with van der Waals surface area (Å²) >= 11 is 5.66. The van der Waals surface area contributed by atoms with E-state index in [4.69, 9.17) is 11.6 Å². The first kappa shape index (κ1) is 6.61. The van der Waals surface area contributed by atoms with Crippen LogP contribution in [0.15, 0.2) is 18.2 Å². The molecule has 2 nitrogen and oxygen atoms in total. The third kappa shape index (κ3) is 1.07. The fraction of sp³-hybridized carbons (Fsp3) is 0. The molecule has 0 saturated carbocycles. The highest BCUT2D eigenvalue weighted by Gasteiger charge is 2.00. The van der Waals surface area contributed by atoms with Gasteiger partial charge in [-0.1, -0.05) is 11.6 Å². The van der Waals surface area contributed by atoms with Gasteiger partial charge in [-0.05, 0) is 18.2 Å². The summed E-state index contributed by atoms with van der Waals surface area (Å²) in [5.74, 6) is 0. The smallest absolute Gasteiger partial charge is 0.287 e. The number of nitrogens with one attached hydrogen (secondary N) is 1. The van der Waals surface area contributed by atoms with Gasteiger partial charge in [0.2, 0.25) is 0 Å². The molecule has 2 aromatic rings. The third-order valence-corrected chi connectivity index (χ3v) is 1.65. The molecule has 4 heteroatoms. The number of hydrogen-bond donors (Lipinski definition) is 1. The van der Waals surface area contributed by atoms with E-state index in [0.29, 0.717) is 16.1 Å². The molecule has 0 fully saturated rings. The fourth-order valence-corrected chi connectivity index (χ4v) is 1.12. The number of aromatic nitrogens is 2. The van der Waals surface area contributed by atoms with E-state index in [2.05, 4.69) is 9.97 Å². The zero-order chi connectivity index (χ0) is 7.84. The van der Waals surface area contributed by atoms with Crippen LogP contribution in [-0.4, -0.2) is 9.97 Å². The third-order valence-electron chi connectivity index (χ3n) is 1.42. The molecule has 56 valence electrons. The average molecular weight is 171 g/mol. The van der Waals surface area contributed by atoms with Crippen molar-refractivity contribution in [1.82, 2.24) is 9.97 Å². The Morgan fingerprint density at radius 1 is 1.45 bits per heavy atom. The van der Waals surface area contributed by atoms with E-state index in [1.807, 2.05) is 0 Å². The van der Waals surface area contributed by atoms with Gasteiger partial charge in [0, 0.05) is 5.02 Å². The van der Waals surface area contributed by atoms with Crippen LogP contribution in [0.25, 0.3) is 11.0 Å². The Balaban J connectivity index is 2.82. The normalized spacial score (nSPS) is 10.7. The molecule has 1 aromatic heterocycles. The van der Waals surface area contributed by atoms with Crippen LogP contribution in [0.3, 0.4) is 0 Å². The number of halogens is 2. The lowest BCUT2D eigenvalue weighted by Crippen LogP contribution is -1.69. The van der Waals surface area contributed by atoms with E-state index in [1.54, 1.807) is 18.2 Å². The molecule has 11 heavy (non-hydrogen) atoms. The highest BCUT2D eigenvalue weighted by molar-refractivity contribution is 6.31. The quantitative estimate of drug-likeness (QED) is 0.646. The Bertz CT molecular complexity index is 396. The molecule has 1 heterocycles. The molecule has 0 unspecified atom stereocenters. The zero-order valence-electron chi connectivity index (χ0n) is 5.44. The summed E-state index contributed by atoms with van der Waals surface area (Å²) in [6.45, 7) is 0. The van der Waals surface area contributed by atoms with Crippen molar-refractivity contribution in [2.75, 3.05) is 0 Å². The predicted molar refractivity (Wildman–Crippen MR) is 41.1 cm³/mol. The Hall–Kier alpha value is -1.09. The van der Waals surface area contributed by atoms with Gasteiger partial charge in [0.25, 0.3) is 6.08 Å². The molecule has 0 radical (unpaired) electrons. The van der Waals surface area contributed by atoms with Crippen LogP contribution in [0.2, 0.25) is 5.02 Å². The fourth-order valence-electron chi connectivity index (χ4n) is 0.951. The number of rotatable bonds is 0. The summed E-state index contributed by atoms with van der Waals surface area (Å²) in [4.78, 5) is 6.01. The Morgan fingerprint density at radius 2 is 2.27 bits per heavy atom. The average Bonchev–Trinajstić information content (AvgIpc) is 2.27. The van der Waals surface area contributed by atoms with Gasteiger partial charge in [-0.3, -0.25) is 0 Å². The van der Waals surface area contributed by atoms with Crippen LogP contribution in [0.4, 0.5) is 4.39 Å². The Labute approximate surface area is 67.0 Å². The number of hydrogen-bond acceptors (Lipinski definition) is 1. The van der Waals surface area contributed by atoms with Crippen LogP contribution in [-0.2, 0) is 0 Å². The van der Waals surface area contributed by atoms with Crippen molar-refractivity contribution in [3.63, 3.8) is 0 Å². The molecule has 0 spiro atoms. The van der Waals surface area contributed by atoms with Gasteiger partial charge < -0.3 is 4.98 Å². The lowest BCUT2D eigenvalue weighted by atomic mass is 10.3. The summed E-state index contributed by atoms with van der Waals surface area (Å²) in [5.41, 5.74) is 1.21. The van der Waals surface area contributed by atoms with Gasteiger partial charge in [0.1, 0.15) is 0 Å². The van der Waals surface area contributed by atoms with E-state index in [-0.39, 0.29) is 0 Å². The maximum Gasteiger partial charge on any atom is 0.287 e. The predicted octanol–water partition coefficient (Wildman–Crippen LogP) is 2.36. The lowest BCUT2D eigenvalue weighted by molar-refractivity contribution is 0.556. The lowest BCUT2D eigenvalue weighted by Gasteiger charge is -1.86. The molecule has 0 atom stereocenters. The second-order valence-electron chi connectivity index (χ2n) is 2.19. The highest BCUT2D eigenvalue weighted by atomic mass is 35.5. The molecule has 0 aliphatic rings. The van der Waals surface area contributed by atoms with E-state index in [0.717, 1.165) is 0 Å². The van der Waals surface area contributed by atoms with E-state index in [9.17, 15) is 4.39 Å². The molecule has 2 rings (SSSR count). The van der Waals surface area contributed by atoms with Gasteiger partial charge in [-0.25, -0.2) is 4.98 Å². The number of fused-ring (bicyclic) bond motifs is 1. The number of H-pyrrole nitrogens is 1. The molecule has 1 aromatic carbocycles. The van der Waals surface area contributed by atoms with Crippen LogP contribution in [0.5, 0.6) is 0 Å². The van der Waals surface area contributed by atoms with Gasteiger partial charge in [-0.2, -0.15) is 4.39 Å². The number of nitrogens with zero attached hydrogens (tertiary/aromatic N) is 1. The molecule has 0 aliphatic carbocycles. The largest absolute Gasteiger partial charge is 0.314 e. The maximum atomic E-state index is 12.4. The summed E-state index contributed by atoms with van der Waals surface area (Å²) in [6.07, 6.45) is -0.581. The minimum atomic E-state index is -0.581. The Morgan fingerprint density at radius 3 is 3.09 bits per heavy atom. The molecule has 0 saturated heterocycles. The van der Waals surface area contributed by atoms with E-state index in [1.165, 1.54) is 0 Å². The van der Waals surface area contributed by atoms with Gasteiger partial charge in [0.05, 0.1) is 11.0 Å². The second-order valence-corrected chi connectivity index (χ2v) is 2.63. The van der Waals surface area contributed by atoms with Crippen molar-refractivity contribution < 1.29 is 4.39 Å². The zero-order valence-corrected chi connectivity index (χ0v) is 6.19. The van der Waals surface area contributed by atoms with Crippen LogP contribution >= 0.6 is 11.6 Å². The van der Waals surface area contributed by atoms with Crippen LogP contribution in [0, 0.1) is 6.08 Å². The summed E-state index contributed by atoms with van der Waals surface area (Å²) in [7, 11) is 0. The Kier molecular flexibility index (Phi) is 1.32. The first-order valence-corrected chi connectivity index (χ1v) is 3.44. The van der Waals surface area contributed by atoms with Crippen LogP contribution < -0.4 is 0 Å². The monoisotopic (exact) mass is 170 g/mol. The number of benzene rings is 1. The van der Waals surface area contributed by atoms with Gasteiger partial charge >= 0.3 is 0 Å². The van der Waals surface area contributed by atoms with Gasteiger partial charge in [-0.15, -0.1) is 0 Å².